The number of hydrogen-bond acceptors (Lipinski definition) is 7. The molecule has 2 atom stereocenters. The monoisotopic (exact) mass is 546 g/mol. The summed E-state index contributed by atoms with van der Waals surface area (Å²) in [5, 5.41) is 14.9. The molecule has 2 aromatic heterocycles. The maximum atomic E-state index is 13.8. The summed E-state index contributed by atoms with van der Waals surface area (Å²) in [7, 11) is -3.59. The number of rotatable bonds is 6. The van der Waals surface area contributed by atoms with Crippen molar-refractivity contribution >= 4 is 44.7 Å². The van der Waals surface area contributed by atoms with Crippen molar-refractivity contribution < 1.29 is 18.3 Å². The van der Waals surface area contributed by atoms with Gasteiger partial charge in [0.2, 0.25) is 10.0 Å². The molecule has 12 heteroatoms. The van der Waals surface area contributed by atoms with Gasteiger partial charge in [0.15, 0.2) is 5.65 Å². The van der Waals surface area contributed by atoms with Crippen LogP contribution in [0.5, 0.6) is 0 Å². The highest BCUT2D eigenvalue weighted by Gasteiger charge is 2.33. The summed E-state index contributed by atoms with van der Waals surface area (Å²) in [5.74, 6) is 0.547. The summed E-state index contributed by atoms with van der Waals surface area (Å²) in [6, 6.07) is 6.25. The number of anilines is 2. The number of likely N-dealkylation sites (tertiary alicyclic amines) is 1. The molecule has 0 aliphatic carbocycles. The topological polar surface area (TPSA) is 120 Å². The lowest BCUT2D eigenvalue weighted by Gasteiger charge is -2.35. The highest BCUT2D eigenvalue weighted by atomic mass is 35.5. The molecule has 37 heavy (non-hydrogen) atoms. The highest BCUT2D eigenvalue weighted by molar-refractivity contribution is 7.92. The van der Waals surface area contributed by atoms with Crippen molar-refractivity contribution in [2.24, 2.45) is 0 Å². The van der Waals surface area contributed by atoms with Crippen molar-refractivity contribution in [3.05, 3.63) is 52.3 Å². The van der Waals surface area contributed by atoms with Crippen LogP contribution in [0.3, 0.4) is 0 Å². The third-order valence-electron chi connectivity index (χ3n) is 7.10. The Balaban J connectivity index is 1.49. The molecule has 0 spiro atoms. The number of amides is 1. The zero-order valence-electron chi connectivity index (χ0n) is 20.9. The summed E-state index contributed by atoms with van der Waals surface area (Å²) in [5.41, 5.74) is 2.78. The van der Waals surface area contributed by atoms with Crippen molar-refractivity contribution in [3.63, 3.8) is 0 Å². The van der Waals surface area contributed by atoms with E-state index in [9.17, 15) is 18.3 Å². The molecule has 5 rings (SSSR count). The van der Waals surface area contributed by atoms with Crippen LogP contribution in [0.25, 0.3) is 5.65 Å². The van der Waals surface area contributed by atoms with Gasteiger partial charge in [0, 0.05) is 35.9 Å². The third kappa shape index (κ3) is 5.25. The Morgan fingerprint density at radius 1 is 1.19 bits per heavy atom. The number of hydrogen-bond donors (Lipinski definition) is 2. The van der Waals surface area contributed by atoms with E-state index in [1.54, 1.807) is 15.5 Å². The van der Waals surface area contributed by atoms with E-state index in [4.69, 9.17) is 21.7 Å². The van der Waals surface area contributed by atoms with Gasteiger partial charge in [-0.2, -0.15) is 5.10 Å². The normalized spacial score (nSPS) is 20.5. The minimum atomic E-state index is -3.59. The molecular formula is C25H31ClN6O4S. The summed E-state index contributed by atoms with van der Waals surface area (Å²) in [6.07, 6.45) is 7.45. The average molecular weight is 547 g/mol. The molecule has 1 amide bonds. The van der Waals surface area contributed by atoms with Gasteiger partial charge in [0.25, 0.3) is 5.91 Å². The molecule has 2 N–H and O–H groups in total. The van der Waals surface area contributed by atoms with Crippen LogP contribution in [0.1, 0.15) is 59.8 Å². The number of fused-ring (bicyclic) bond motifs is 1. The van der Waals surface area contributed by atoms with Crippen LogP contribution >= 0.6 is 11.6 Å². The van der Waals surface area contributed by atoms with Crippen molar-refractivity contribution in [2.75, 3.05) is 35.6 Å². The fourth-order valence-corrected chi connectivity index (χ4v) is 6.15. The van der Waals surface area contributed by atoms with Gasteiger partial charge in [-0.05, 0) is 57.2 Å². The van der Waals surface area contributed by atoms with Crippen LogP contribution in [0.15, 0.2) is 30.5 Å². The fraction of sp³-hybridized carbons (Fsp3) is 0.480. The van der Waals surface area contributed by atoms with E-state index in [-0.39, 0.29) is 35.8 Å². The molecule has 0 bridgehead atoms. The van der Waals surface area contributed by atoms with Crippen LogP contribution in [-0.4, -0.2) is 70.9 Å². The van der Waals surface area contributed by atoms with E-state index in [2.05, 4.69) is 9.62 Å². The largest absolute Gasteiger partial charge is 0.394 e. The molecule has 2 aliphatic heterocycles. The lowest BCUT2D eigenvalue weighted by Crippen LogP contribution is -2.39. The zero-order valence-corrected chi connectivity index (χ0v) is 22.5. The Bertz CT molecular complexity index is 1440. The van der Waals surface area contributed by atoms with Crippen molar-refractivity contribution in [1.82, 2.24) is 19.5 Å². The lowest BCUT2D eigenvalue weighted by atomic mass is 9.98. The average Bonchev–Trinajstić information content (AvgIpc) is 3.49. The first kappa shape index (κ1) is 25.7. The van der Waals surface area contributed by atoms with Gasteiger partial charge in [-0.1, -0.05) is 11.6 Å². The second kappa shape index (κ2) is 10.1. The fourth-order valence-electron chi connectivity index (χ4n) is 5.40. The van der Waals surface area contributed by atoms with Crippen LogP contribution in [0, 0.1) is 6.92 Å². The first-order valence-corrected chi connectivity index (χ1v) is 14.7. The molecular weight excluding hydrogens is 516 g/mol. The molecule has 1 aromatic carbocycles. The van der Waals surface area contributed by atoms with Gasteiger partial charge >= 0.3 is 0 Å². The molecule has 10 nitrogen and oxygen atoms in total. The number of aliphatic hydroxyl groups excluding tert-OH is 1. The van der Waals surface area contributed by atoms with Gasteiger partial charge in [0.05, 0.1) is 41.9 Å². The molecule has 2 fully saturated rings. The van der Waals surface area contributed by atoms with Crippen LogP contribution in [0.2, 0.25) is 5.02 Å². The number of aryl methyl sites for hydroxylation is 1. The first-order valence-electron chi connectivity index (χ1n) is 12.5. The summed E-state index contributed by atoms with van der Waals surface area (Å²) >= 11 is 6.19. The van der Waals surface area contributed by atoms with E-state index in [0.717, 1.165) is 62.0 Å². The highest BCUT2D eigenvalue weighted by Crippen LogP contribution is 2.35. The smallest absolute Gasteiger partial charge is 0.256 e. The Morgan fingerprint density at radius 2 is 2.00 bits per heavy atom. The SMILES string of the molecule is Cc1cn2nc(C3CCCCN3C(=O)c3cc(Cl)ccc3NS(C)(=O)=O)cc2nc1N1CCCC1CO. The minimum Gasteiger partial charge on any atom is -0.394 e. The number of halogens is 1. The molecule has 2 aliphatic rings. The standard InChI is InChI=1S/C25H31ClN6O4S/c1-16-14-32-23(27-24(16)30-11-5-6-18(30)15-33)13-21(28-32)22-7-3-4-10-31(22)25(34)19-12-17(26)8-9-20(19)29-37(2,35)36/h8-9,12-14,18,22,29,33H,3-7,10-11,15H2,1-2H3. The maximum absolute atomic E-state index is 13.8. The van der Waals surface area contributed by atoms with Crippen molar-refractivity contribution in [3.8, 4) is 0 Å². The molecule has 0 saturated carbocycles. The van der Waals surface area contributed by atoms with Crippen molar-refractivity contribution in [1.29, 1.82) is 0 Å². The van der Waals surface area contributed by atoms with E-state index in [0.29, 0.717) is 17.2 Å². The Morgan fingerprint density at radius 3 is 2.76 bits per heavy atom. The third-order valence-corrected chi connectivity index (χ3v) is 7.92. The summed E-state index contributed by atoms with van der Waals surface area (Å²) in [4.78, 5) is 22.6. The van der Waals surface area contributed by atoms with Gasteiger partial charge < -0.3 is 14.9 Å². The Labute approximate surface area is 221 Å². The lowest BCUT2D eigenvalue weighted by molar-refractivity contribution is 0.0607. The number of benzene rings is 1. The van der Waals surface area contributed by atoms with Gasteiger partial charge in [-0.3, -0.25) is 9.52 Å². The van der Waals surface area contributed by atoms with Gasteiger partial charge in [-0.15, -0.1) is 0 Å². The summed E-state index contributed by atoms with van der Waals surface area (Å²) in [6.45, 7) is 3.45. The first-order chi connectivity index (χ1) is 17.6. The molecule has 2 unspecified atom stereocenters. The number of aromatic nitrogens is 3. The molecule has 4 heterocycles. The number of carbonyl (C=O) groups excluding carboxylic acids is 1. The van der Waals surface area contributed by atoms with Crippen LogP contribution in [0.4, 0.5) is 11.5 Å². The second-order valence-electron chi connectivity index (χ2n) is 9.87. The number of nitrogens with one attached hydrogen (secondary N) is 1. The number of nitrogens with zero attached hydrogens (tertiary/aromatic N) is 5. The quantitative estimate of drug-likeness (QED) is 0.486. The van der Waals surface area contributed by atoms with Crippen molar-refractivity contribution in [2.45, 2.75) is 51.1 Å². The number of sulfonamides is 1. The predicted molar refractivity (Wildman–Crippen MR) is 143 cm³/mol. The minimum absolute atomic E-state index is 0.0648. The molecule has 2 saturated heterocycles. The van der Waals surface area contributed by atoms with Crippen LogP contribution < -0.4 is 9.62 Å². The Kier molecular flexibility index (Phi) is 7.03. The summed E-state index contributed by atoms with van der Waals surface area (Å²) < 4.78 is 28.0. The maximum Gasteiger partial charge on any atom is 0.256 e. The van der Waals surface area contributed by atoms with E-state index in [1.807, 2.05) is 19.2 Å². The zero-order chi connectivity index (χ0) is 26.3. The number of aliphatic hydroxyl groups is 1. The van der Waals surface area contributed by atoms with E-state index >= 15 is 0 Å². The molecule has 198 valence electrons. The number of piperidine rings is 1. The molecule has 0 radical (unpaired) electrons. The van der Waals surface area contributed by atoms with Crippen LogP contribution in [-0.2, 0) is 10.0 Å². The van der Waals surface area contributed by atoms with Gasteiger partial charge in [-0.25, -0.2) is 17.9 Å². The number of carbonyl (C=O) groups is 1. The second-order valence-corrected chi connectivity index (χ2v) is 12.1. The van der Waals surface area contributed by atoms with Gasteiger partial charge in [0.1, 0.15) is 5.82 Å². The predicted octanol–water partition coefficient (Wildman–Crippen LogP) is 3.39. The van der Waals surface area contributed by atoms with E-state index in [1.165, 1.54) is 12.1 Å². The van der Waals surface area contributed by atoms with E-state index < -0.39 is 10.0 Å². The molecule has 3 aromatic rings. The Hall–Kier alpha value is -2.89.